The van der Waals surface area contributed by atoms with Gasteiger partial charge in [0.25, 0.3) is 6.43 Å². The summed E-state index contributed by atoms with van der Waals surface area (Å²) in [5.74, 6) is -0.817. The van der Waals surface area contributed by atoms with Gasteiger partial charge in [0, 0.05) is 11.8 Å². The summed E-state index contributed by atoms with van der Waals surface area (Å²) < 4.78 is 45.5. The molecule has 2 heterocycles. The van der Waals surface area contributed by atoms with Gasteiger partial charge in [0.15, 0.2) is 0 Å². The lowest BCUT2D eigenvalue weighted by molar-refractivity contribution is 0.0935. The molecule has 0 saturated heterocycles. The number of methoxy groups -OCH3 is 1. The highest BCUT2D eigenvalue weighted by atomic mass is 19.3. The van der Waals surface area contributed by atoms with Crippen LogP contribution in [-0.2, 0) is 0 Å². The molecular formula is C11H11F3N4O. The maximum absolute atomic E-state index is 13.2. The predicted octanol–water partition coefficient (Wildman–Crippen LogP) is 1.86. The van der Waals surface area contributed by atoms with E-state index in [4.69, 9.17) is 10.5 Å². The second kappa shape index (κ2) is 5.17. The Labute approximate surface area is 106 Å². The molecule has 1 unspecified atom stereocenters. The number of hydrogen-bond donors (Lipinski definition) is 1. The summed E-state index contributed by atoms with van der Waals surface area (Å²) in [6.07, 6.45) is 0.537. The first-order chi connectivity index (χ1) is 9.02. The fourth-order valence-corrected chi connectivity index (χ4v) is 1.72. The molecule has 0 aliphatic rings. The van der Waals surface area contributed by atoms with Crippen LogP contribution >= 0.6 is 0 Å². The van der Waals surface area contributed by atoms with Crippen molar-refractivity contribution < 1.29 is 17.9 Å². The Morgan fingerprint density at radius 1 is 1.37 bits per heavy atom. The number of rotatable bonds is 4. The number of pyridine rings is 1. The first-order valence-electron chi connectivity index (χ1n) is 5.30. The van der Waals surface area contributed by atoms with Crippen LogP contribution in [0.2, 0.25) is 0 Å². The van der Waals surface area contributed by atoms with Crippen LogP contribution in [0.15, 0.2) is 24.7 Å². The summed E-state index contributed by atoms with van der Waals surface area (Å²) in [4.78, 5) is 3.63. The zero-order valence-corrected chi connectivity index (χ0v) is 9.93. The van der Waals surface area contributed by atoms with Gasteiger partial charge in [-0.2, -0.15) is 5.10 Å². The van der Waals surface area contributed by atoms with Gasteiger partial charge >= 0.3 is 0 Å². The molecule has 2 aromatic heterocycles. The van der Waals surface area contributed by atoms with Crippen LogP contribution in [-0.4, -0.2) is 28.3 Å². The van der Waals surface area contributed by atoms with Crippen LogP contribution in [0.4, 0.5) is 18.9 Å². The Hall–Kier alpha value is -2.25. The zero-order valence-electron chi connectivity index (χ0n) is 9.93. The topological polar surface area (TPSA) is 66.0 Å². The number of nitrogens with zero attached hydrogens (tertiary/aromatic N) is 3. The predicted molar refractivity (Wildman–Crippen MR) is 61.5 cm³/mol. The van der Waals surface area contributed by atoms with E-state index < -0.39 is 18.3 Å². The van der Waals surface area contributed by atoms with E-state index in [1.807, 2.05) is 0 Å². The van der Waals surface area contributed by atoms with E-state index in [1.165, 1.54) is 19.5 Å². The molecule has 2 N–H and O–H groups in total. The smallest absolute Gasteiger partial charge is 0.264 e. The van der Waals surface area contributed by atoms with E-state index in [-0.39, 0.29) is 17.1 Å². The molecule has 19 heavy (non-hydrogen) atoms. The van der Waals surface area contributed by atoms with Gasteiger partial charge in [0.1, 0.15) is 11.9 Å². The van der Waals surface area contributed by atoms with Gasteiger partial charge in [0.2, 0.25) is 5.88 Å². The van der Waals surface area contributed by atoms with Crippen molar-refractivity contribution in [1.29, 1.82) is 0 Å². The Kier molecular flexibility index (Phi) is 3.59. The fourth-order valence-electron chi connectivity index (χ4n) is 1.72. The summed E-state index contributed by atoms with van der Waals surface area (Å²) in [6.45, 7) is 0. The van der Waals surface area contributed by atoms with Crippen molar-refractivity contribution in [1.82, 2.24) is 14.8 Å². The molecular weight excluding hydrogens is 261 g/mol. The van der Waals surface area contributed by atoms with Crippen molar-refractivity contribution in [3.63, 3.8) is 0 Å². The molecule has 0 aromatic carbocycles. The number of alkyl halides is 2. The van der Waals surface area contributed by atoms with Crippen molar-refractivity contribution in [2.24, 2.45) is 0 Å². The highest BCUT2D eigenvalue weighted by molar-refractivity contribution is 5.34. The highest BCUT2D eigenvalue weighted by Crippen LogP contribution is 2.31. The lowest BCUT2D eigenvalue weighted by Gasteiger charge is -2.18. The van der Waals surface area contributed by atoms with Crippen molar-refractivity contribution in [2.75, 3.05) is 12.8 Å². The van der Waals surface area contributed by atoms with Crippen LogP contribution in [0.25, 0.3) is 0 Å². The largest absolute Gasteiger partial charge is 0.481 e. The molecule has 0 fully saturated rings. The first-order valence-corrected chi connectivity index (χ1v) is 5.30. The van der Waals surface area contributed by atoms with E-state index in [2.05, 4.69) is 10.1 Å². The molecule has 5 nitrogen and oxygen atoms in total. The molecule has 2 rings (SSSR count). The second-order valence-corrected chi connectivity index (χ2v) is 3.79. The Bertz CT molecular complexity index is 573. The van der Waals surface area contributed by atoms with Gasteiger partial charge in [-0.3, -0.25) is 4.68 Å². The van der Waals surface area contributed by atoms with E-state index >= 15 is 0 Å². The first kappa shape index (κ1) is 13.2. The van der Waals surface area contributed by atoms with Crippen LogP contribution in [0.5, 0.6) is 5.88 Å². The molecule has 0 aliphatic heterocycles. The molecule has 0 amide bonds. The number of nitrogens with two attached hydrogens (primary N) is 1. The number of anilines is 1. The Morgan fingerprint density at radius 3 is 2.63 bits per heavy atom. The molecule has 0 saturated carbocycles. The van der Waals surface area contributed by atoms with E-state index in [0.29, 0.717) is 0 Å². The van der Waals surface area contributed by atoms with E-state index in [9.17, 15) is 13.2 Å². The zero-order chi connectivity index (χ0) is 14.0. The third-order valence-corrected chi connectivity index (χ3v) is 2.50. The van der Waals surface area contributed by atoms with Gasteiger partial charge in [-0.25, -0.2) is 18.2 Å². The third kappa shape index (κ3) is 2.61. The molecule has 0 radical (unpaired) electrons. The minimum absolute atomic E-state index is 0.0826. The lowest BCUT2D eigenvalue weighted by atomic mass is 10.1. The summed E-state index contributed by atoms with van der Waals surface area (Å²) in [7, 11) is 1.27. The SMILES string of the molecule is COc1ncc(F)cc1C(C(F)F)n1cc(N)cn1. The van der Waals surface area contributed by atoms with Gasteiger partial charge in [0.05, 0.1) is 25.2 Å². The standard InChI is InChI=1S/C11H11F3N4O/c1-19-11-8(2-6(12)3-16-11)9(10(13)14)18-5-7(15)4-17-18/h2-5,9-10H,15H2,1H3. The van der Waals surface area contributed by atoms with E-state index in [1.54, 1.807) is 0 Å². The monoisotopic (exact) mass is 272 g/mol. The van der Waals surface area contributed by atoms with Gasteiger partial charge in [-0.15, -0.1) is 0 Å². The molecule has 0 aliphatic carbocycles. The molecule has 0 spiro atoms. The molecule has 102 valence electrons. The maximum Gasteiger partial charge on any atom is 0.264 e. The quantitative estimate of drug-likeness (QED) is 0.922. The van der Waals surface area contributed by atoms with Crippen molar-refractivity contribution in [2.45, 2.75) is 12.5 Å². The number of aromatic nitrogens is 3. The summed E-state index contributed by atoms with van der Waals surface area (Å²) in [5, 5.41) is 3.72. The van der Waals surface area contributed by atoms with Gasteiger partial charge in [-0.05, 0) is 6.07 Å². The van der Waals surface area contributed by atoms with Crippen molar-refractivity contribution in [3.05, 3.63) is 36.0 Å². The van der Waals surface area contributed by atoms with Crippen LogP contribution in [0, 0.1) is 5.82 Å². The molecule has 0 bridgehead atoms. The highest BCUT2D eigenvalue weighted by Gasteiger charge is 2.29. The third-order valence-electron chi connectivity index (χ3n) is 2.50. The second-order valence-electron chi connectivity index (χ2n) is 3.79. The van der Waals surface area contributed by atoms with E-state index in [0.717, 1.165) is 16.9 Å². The normalized spacial score (nSPS) is 12.7. The summed E-state index contributed by atoms with van der Waals surface area (Å²) in [5.41, 5.74) is 5.58. The fraction of sp³-hybridized carbons (Fsp3) is 0.273. The summed E-state index contributed by atoms with van der Waals surface area (Å²) in [6, 6.07) is -0.573. The van der Waals surface area contributed by atoms with Crippen LogP contribution in [0.3, 0.4) is 0 Å². The minimum Gasteiger partial charge on any atom is -0.481 e. The summed E-state index contributed by atoms with van der Waals surface area (Å²) >= 11 is 0. The number of nitrogen functional groups attached to an aromatic ring is 1. The van der Waals surface area contributed by atoms with Crippen molar-refractivity contribution >= 4 is 5.69 Å². The van der Waals surface area contributed by atoms with Crippen LogP contribution in [0.1, 0.15) is 11.6 Å². The Balaban J connectivity index is 2.53. The number of hydrogen-bond acceptors (Lipinski definition) is 4. The minimum atomic E-state index is -2.82. The van der Waals surface area contributed by atoms with Crippen LogP contribution < -0.4 is 10.5 Å². The number of ether oxygens (including phenoxy) is 1. The molecule has 2 aromatic rings. The Morgan fingerprint density at radius 2 is 2.11 bits per heavy atom. The lowest BCUT2D eigenvalue weighted by Crippen LogP contribution is -2.20. The maximum atomic E-state index is 13.2. The van der Waals surface area contributed by atoms with Crippen molar-refractivity contribution in [3.8, 4) is 5.88 Å². The number of halogens is 3. The molecule has 1 atom stereocenters. The average molecular weight is 272 g/mol. The van der Waals surface area contributed by atoms with Gasteiger partial charge < -0.3 is 10.5 Å². The molecule has 8 heteroatoms. The van der Waals surface area contributed by atoms with Gasteiger partial charge in [-0.1, -0.05) is 0 Å². The average Bonchev–Trinajstić information content (AvgIpc) is 2.76.